The van der Waals surface area contributed by atoms with Crippen LogP contribution in [-0.2, 0) is 46.7 Å². The summed E-state index contributed by atoms with van der Waals surface area (Å²) in [4.78, 5) is 41.6. The van der Waals surface area contributed by atoms with Crippen LogP contribution in [0, 0.1) is 17.6 Å². The van der Waals surface area contributed by atoms with Gasteiger partial charge in [0.2, 0.25) is 15.9 Å². The van der Waals surface area contributed by atoms with Gasteiger partial charge in [0.05, 0.1) is 33.9 Å². The molecule has 6 aromatic rings. The summed E-state index contributed by atoms with van der Waals surface area (Å²) in [5, 5.41) is 9.21. The molecule has 63 heavy (non-hydrogen) atoms. The number of alkyl halides is 7. The van der Waals surface area contributed by atoms with E-state index in [4.69, 9.17) is 11.6 Å². The summed E-state index contributed by atoms with van der Waals surface area (Å²) in [6.45, 7) is -1.17. The fourth-order valence-corrected chi connectivity index (χ4v) is 8.60. The minimum atomic E-state index is -5.01. The third kappa shape index (κ3) is 8.44. The number of fused-ring (bicyclic) bond motifs is 4. The zero-order valence-electron chi connectivity index (χ0n) is 32.4. The Balaban J connectivity index is 1.35. The number of aryl methyl sites for hydroxylation is 1. The average Bonchev–Trinajstić information content (AvgIpc) is 3.71. The van der Waals surface area contributed by atoms with Crippen molar-refractivity contribution in [3.63, 3.8) is 0 Å². The molecule has 0 saturated heterocycles. The van der Waals surface area contributed by atoms with Gasteiger partial charge in [-0.15, -0.1) is 0 Å². The van der Waals surface area contributed by atoms with Gasteiger partial charge in [0.15, 0.2) is 11.6 Å². The van der Waals surface area contributed by atoms with E-state index in [1.807, 2.05) is 4.72 Å². The van der Waals surface area contributed by atoms with E-state index in [0.29, 0.717) is 38.2 Å². The number of anilines is 1. The van der Waals surface area contributed by atoms with Crippen LogP contribution in [0.3, 0.4) is 0 Å². The lowest BCUT2D eigenvalue weighted by Gasteiger charge is -2.24. The predicted molar refractivity (Wildman–Crippen MR) is 206 cm³/mol. The Morgan fingerprint density at radius 3 is 2.32 bits per heavy atom. The first-order valence-corrected chi connectivity index (χ1v) is 21.0. The Bertz CT molecular complexity index is 2970. The summed E-state index contributed by atoms with van der Waals surface area (Å²) in [7, 11) is -4.23. The second kappa shape index (κ2) is 15.6. The highest BCUT2D eigenvalue weighted by molar-refractivity contribution is 7.92. The Hall–Kier alpha value is -6.04. The summed E-state index contributed by atoms with van der Waals surface area (Å²) in [5.74, 6) is -10.6. The van der Waals surface area contributed by atoms with Crippen molar-refractivity contribution >= 4 is 44.3 Å². The summed E-state index contributed by atoms with van der Waals surface area (Å²) in [5.41, 5.74) is -4.15. The fourth-order valence-electron chi connectivity index (χ4n) is 7.86. The third-order valence-electron chi connectivity index (χ3n) is 10.4. The van der Waals surface area contributed by atoms with E-state index in [2.05, 4.69) is 30.5 Å². The molecule has 1 saturated carbocycles. The third-order valence-corrected chi connectivity index (χ3v) is 11.3. The van der Waals surface area contributed by atoms with Crippen LogP contribution in [0.15, 0.2) is 53.6 Å². The number of aromatic nitrogens is 8. The van der Waals surface area contributed by atoms with E-state index in [1.54, 1.807) is 6.92 Å². The Morgan fingerprint density at radius 1 is 1.02 bits per heavy atom. The van der Waals surface area contributed by atoms with Crippen molar-refractivity contribution in [2.24, 2.45) is 5.92 Å². The van der Waals surface area contributed by atoms with Crippen molar-refractivity contribution in [1.29, 1.82) is 0 Å². The van der Waals surface area contributed by atoms with E-state index >= 15 is 8.78 Å². The molecule has 1 fully saturated rings. The predicted octanol–water partition coefficient (Wildman–Crippen LogP) is 6.91. The number of sulfonamides is 1. The van der Waals surface area contributed by atoms with Gasteiger partial charge in [-0.2, -0.15) is 32.1 Å². The average molecular weight is 929 g/mol. The molecule has 8 rings (SSSR count). The molecule has 25 heteroatoms. The Labute approximate surface area is 354 Å². The highest BCUT2D eigenvalue weighted by Crippen LogP contribution is 2.68. The van der Waals surface area contributed by atoms with Gasteiger partial charge in [-0.25, -0.2) is 40.9 Å². The van der Waals surface area contributed by atoms with E-state index in [9.17, 15) is 48.7 Å². The molecular weight excluding hydrogens is 899 g/mol. The number of nitrogens with zero attached hydrogens (tertiary/aromatic N) is 8. The molecule has 4 heterocycles. The number of amides is 1. The number of hydrogen-bond acceptors (Lipinski definition) is 9. The molecule has 2 aromatic carbocycles. The second-order valence-electron chi connectivity index (χ2n) is 15.0. The van der Waals surface area contributed by atoms with Gasteiger partial charge in [-0.05, 0) is 54.2 Å². The number of hydrogen-bond donors (Lipinski definition) is 2. The summed E-state index contributed by atoms with van der Waals surface area (Å²) in [6, 6.07) is 3.51. The van der Waals surface area contributed by atoms with Crippen molar-refractivity contribution in [3.05, 3.63) is 110 Å². The maximum absolute atomic E-state index is 15.5. The molecule has 0 spiro atoms. The molecule has 2 aliphatic carbocycles. The number of nitrogens with one attached hydrogen (secondary N) is 2. The topological polar surface area (TPSA) is 172 Å². The van der Waals surface area contributed by atoms with Crippen molar-refractivity contribution in [3.8, 4) is 17.2 Å². The molecule has 3 atom stereocenters. The van der Waals surface area contributed by atoms with Crippen LogP contribution in [0.5, 0.6) is 0 Å². The molecular formula is C38H30ClF9N10O4S. The van der Waals surface area contributed by atoms with E-state index in [-0.39, 0.29) is 34.1 Å². The monoisotopic (exact) mass is 928 g/mol. The molecule has 2 aliphatic rings. The first kappa shape index (κ1) is 43.6. The first-order valence-electron chi connectivity index (χ1n) is 18.7. The molecule has 332 valence electrons. The van der Waals surface area contributed by atoms with Gasteiger partial charge in [0, 0.05) is 42.4 Å². The normalized spacial score (nSPS) is 17.2. The SMILES string of the molecule is CCc1cnc(-c2cc(=O)n(-c3ccc(Cl)c4c(NS(C)(=O)=O)nn(CC(F)(F)F)c34)c([C@H](Cc3cc(F)cc(F)c3)NC(=O)Cn3nc(C(F)F)c4c3C(F)(F)[C@@H]3C[C@H]43)n2)nc1. The number of halogens is 10. The van der Waals surface area contributed by atoms with Crippen LogP contribution in [0.1, 0.15) is 65.6 Å². The highest BCUT2D eigenvalue weighted by Gasteiger charge is 2.67. The zero-order chi connectivity index (χ0) is 45.5. The minimum Gasteiger partial charge on any atom is -0.344 e. The van der Waals surface area contributed by atoms with Crippen LogP contribution >= 0.6 is 11.6 Å². The van der Waals surface area contributed by atoms with Crippen LogP contribution in [0.2, 0.25) is 5.02 Å². The van der Waals surface area contributed by atoms with Crippen molar-refractivity contribution in [2.75, 3.05) is 11.0 Å². The van der Waals surface area contributed by atoms with Crippen molar-refractivity contribution in [2.45, 2.75) is 69.8 Å². The Kier molecular flexibility index (Phi) is 10.8. The van der Waals surface area contributed by atoms with Crippen molar-refractivity contribution < 1.29 is 52.7 Å². The molecule has 0 aliphatic heterocycles. The lowest BCUT2D eigenvalue weighted by atomic mass is 10.0. The molecule has 1 amide bonds. The van der Waals surface area contributed by atoms with E-state index in [1.165, 1.54) is 12.4 Å². The number of rotatable bonds is 13. The number of carbonyl (C=O) groups is 1. The smallest absolute Gasteiger partial charge is 0.344 e. The first-order chi connectivity index (χ1) is 29.5. The van der Waals surface area contributed by atoms with Crippen LogP contribution in [0.4, 0.5) is 45.3 Å². The summed E-state index contributed by atoms with van der Waals surface area (Å²) < 4.78 is 159. The molecule has 0 bridgehead atoms. The van der Waals surface area contributed by atoms with Gasteiger partial charge >= 0.3 is 6.18 Å². The lowest BCUT2D eigenvalue weighted by Crippen LogP contribution is -2.38. The van der Waals surface area contributed by atoms with Gasteiger partial charge < -0.3 is 5.32 Å². The van der Waals surface area contributed by atoms with Crippen LogP contribution < -0.4 is 15.6 Å². The lowest BCUT2D eigenvalue weighted by molar-refractivity contribution is -0.141. The number of carbonyl (C=O) groups excluding carboxylic acids is 1. The molecule has 0 unspecified atom stereocenters. The quantitative estimate of drug-likeness (QED) is 0.117. The Morgan fingerprint density at radius 2 is 1.70 bits per heavy atom. The zero-order valence-corrected chi connectivity index (χ0v) is 33.9. The van der Waals surface area contributed by atoms with Crippen molar-refractivity contribution in [1.82, 2.24) is 44.4 Å². The van der Waals surface area contributed by atoms with Crippen LogP contribution in [0.25, 0.3) is 28.1 Å². The largest absolute Gasteiger partial charge is 0.408 e. The standard InChI is InChI=1S/C38H30ClF9N10O4S/c1-3-16-12-49-34(50-13-16)23-11-27(60)58(25-5-4-22(39)29-31(25)57(15-37(44,45)46)54-35(29)55-63(2,61)62)36(52-23)24(8-17-6-18(40)9-19(41)7-17)51-26(59)14-56-32-28(30(53-56)33(42)43)20-10-21(20)38(32,47)48/h4-7,9,11-13,20-21,24,33H,3,8,10,14-15H2,1-2H3,(H,51,59)(H,54,55)/t20-,21+,24-/m0/s1. The summed E-state index contributed by atoms with van der Waals surface area (Å²) >= 11 is 6.46. The minimum absolute atomic E-state index is 0.0695. The van der Waals surface area contributed by atoms with Crippen LogP contribution in [-0.4, -0.2) is 65.8 Å². The second-order valence-corrected chi connectivity index (χ2v) is 17.2. The molecule has 0 radical (unpaired) electrons. The van der Waals surface area contributed by atoms with Gasteiger partial charge in [-0.1, -0.05) is 18.5 Å². The van der Waals surface area contributed by atoms with Gasteiger partial charge in [-0.3, -0.25) is 28.2 Å². The van der Waals surface area contributed by atoms with Gasteiger partial charge in [0.1, 0.15) is 47.6 Å². The maximum Gasteiger partial charge on any atom is 0.408 e. The maximum atomic E-state index is 15.5. The van der Waals surface area contributed by atoms with E-state index in [0.717, 1.165) is 30.3 Å². The molecule has 4 aromatic heterocycles. The fraction of sp³-hybridized carbons (Fsp3) is 0.342. The molecule has 2 N–H and O–H groups in total. The van der Waals surface area contributed by atoms with Gasteiger partial charge in [0.25, 0.3) is 17.9 Å². The van der Waals surface area contributed by atoms with E-state index < -0.39 is 129 Å². The highest BCUT2D eigenvalue weighted by atomic mass is 35.5. The molecule has 14 nitrogen and oxygen atoms in total. The summed E-state index contributed by atoms with van der Waals surface area (Å²) in [6.07, 6.45) is -5.00. The number of benzene rings is 2.